The van der Waals surface area contributed by atoms with Crippen LogP contribution in [-0.4, -0.2) is 41.0 Å². The van der Waals surface area contributed by atoms with Crippen LogP contribution < -0.4 is 4.74 Å². The normalized spacial score (nSPS) is 18.3. The Morgan fingerprint density at radius 1 is 1.45 bits per heavy atom. The summed E-state index contributed by atoms with van der Waals surface area (Å²) >= 11 is 1.83. The molecule has 1 amide bonds. The standard InChI is InChI=1S/C16H18N2O3S/c1-11-5-6-14(21-11)13-10-22-9-8-18(13)16(19)12-4-3-7-17-15(12)20-2/h3-7,13H,8-10H2,1-2H3. The highest BCUT2D eigenvalue weighted by Gasteiger charge is 2.32. The summed E-state index contributed by atoms with van der Waals surface area (Å²) in [5.41, 5.74) is 0.491. The Bertz CT molecular complexity index is 671. The van der Waals surface area contributed by atoms with Gasteiger partial charge >= 0.3 is 0 Å². The van der Waals surface area contributed by atoms with E-state index < -0.39 is 0 Å². The van der Waals surface area contributed by atoms with Crippen molar-refractivity contribution in [2.45, 2.75) is 13.0 Å². The van der Waals surface area contributed by atoms with E-state index in [4.69, 9.17) is 9.15 Å². The fourth-order valence-electron chi connectivity index (χ4n) is 2.59. The van der Waals surface area contributed by atoms with Gasteiger partial charge < -0.3 is 14.1 Å². The topological polar surface area (TPSA) is 55.6 Å². The number of rotatable bonds is 3. The molecule has 3 heterocycles. The molecule has 0 aliphatic carbocycles. The SMILES string of the molecule is COc1ncccc1C(=O)N1CCSCC1c1ccc(C)o1. The van der Waals surface area contributed by atoms with Gasteiger partial charge in [-0.2, -0.15) is 11.8 Å². The van der Waals surface area contributed by atoms with Gasteiger partial charge in [0, 0.05) is 24.2 Å². The lowest BCUT2D eigenvalue weighted by molar-refractivity contribution is 0.0677. The predicted molar refractivity (Wildman–Crippen MR) is 85.3 cm³/mol. The Kier molecular flexibility index (Phi) is 4.38. The van der Waals surface area contributed by atoms with Gasteiger partial charge in [0.2, 0.25) is 5.88 Å². The molecule has 116 valence electrons. The van der Waals surface area contributed by atoms with Crippen molar-refractivity contribution in [3.05, 3.63) is 47.5 Å². The van der Waals surface area contributed by atoms with Crippen molar-refractivity contribution in [2.24, 2.45) is 0 Å². The Hall–Kier alpha value is -1.95. The zero-order valence-electron chi connectivity index (χ0n) is 12.6. The van der Waals surface area contributed by atoms with Gasteiger partial charge in [-0.05, 0) is 31.2 Å². The quantitative estimate of drug-likeness (QED) is 0.871. The highest BCUT2D eigenvalue weighted by atomic mass is 32.2. The molecule has 3 rings (SSSR count). The number of carbonyl (C=O) groups excluding carboxylic acids is 1. The Morgan fingerprint density at radius 3 is 3.05 bits per heavy atom. The number of nitrogens with zero attached hydrogens (tertiary/aromatic N) is 2. The number of aromatic nitrogens is 1. The minimum atomic E-state index is -0.0655. The third-order valence-corrected chi connectivity index (χ3v) is 4.70. The molecule has 0 radical (unpaired) electrons. The lowest BCUT2D eigenvalue weighted by Gasteiger charge is -2.34. The number of pyridine rings is 1. The van der Waals surface area contributed by atoms with Crippen LogP contribution in [0.2, 0.25) is 0 Å². The van der Waals surface area contributed by atoms with Crippen LogP contribution in [0, 0.1) is 6.92 Å². The monoisotopic (exact) mass is 318 g/mol. The summed E-state index contributed by atoms with van der Waals surface area (Å²) in [6.45, 7) is 2.60. The number of hydrogen-bond donors (Lipinski definition) is 0. The number of thioether (sulfide) groups is 1. The van der Waals surface area contributed by atoms with E-state index in [2.05, 4.69) is 4.98 Å². The van der Waals surface area contributed by atoms with Gasteiger partial charge in [-0.3, -0.25) is 4.79 Å². The van der Waals surface area contributed by atoms with E-state index in [-0.39, 0.29) is 11.9 Å². The molecule has 22 heavy (non-hydrogen) atoms. The Balaban J connectivity index is 1.91. The number of amides is 1. The van der Waals surface area contributed by atoms with Crippen LogP contribution in [0.15, 0.2) is 34.9 Å². The summed E-state index contributed by atoms with van der Waals surface area (Å²) in [4.78, 5) is 18.9. The van der Waals surface area contributed by atoms with E-state index in [1.54, 1.807) is 18.3 Å². The van der Waals surface area contributed by atoms with Gasteiger partial charge in [0.15, 0.2) is 0 Å². The fraction of sp³-hybridized carbons (Fsp3) is 0.375. The number of carbonyl (C=O) groups is 1. The second-order valence-corrected chi connectivity index (χ2v) is 6.25. The first-order valence-corrected chi connectivity index (χ1v) is 8.30. The number of aryl methyl sites for hydroxylation is 1. The highest BCUT2D eigenvalue weighted by molar-refractivity contribution is 7.99. The fourth-order valence-corrected chi connectivity index (χ4v) is 3.65. The van der Waals surface area contributed by atoms with Crippen LogP contribution in [0.5, 0.6) is 5.88 Å². The van der Waals surface area contributed by atoms with E-state index >= 15 is 0 Å². The Morgan fingerprint density at radius 2 is 2.32 bits per heavy atom. The first-order chi connectivity index (χ1) is 10.7. The lowest BCUT2D eigenvalue weighted by Crippen LogP contribution is -2.40. The van der Waals surface area contributed by atoms with Crippen molar-refractivity contribution >= 4 is 17.7 Å². The zero-order valence-corrected chi connectivity index (χ0v) is 13.4. The molecule has 1 aliphatic rings. The summed E-state index contributed by atoms with van der Waals surface area (Å²) in [6.07, 6.45) is 1.62. The van der Waals surface area contributed by atoms with Crippen molar-refractivity contribution in [3.63, 3.8) is 0 Å². The minimum Gasteiger partial charge on any atom is -0.480 e. The van der Waals surface area contributed by atoms with E-state index in [0.29, 0.717) is 18.0 Å². The number of methoxy groups -OCH3 is 1. The molecule has 0 aromatic carbocycles. The predicted octanol–water partition coefficient (Wildman–Crippen LogP) is 2.92. The second-order valence-electron chi connectivity index (χ2n) is 5.10. The second kappa shape index (κ2) is 6.44. The van der Waals surface area contributed by atoms with E-state index in [1.165, 1.54) is 7.11 Å². The minimum absolute atomic E-state index is 0.0511. The third-order valence-electron chi connectivity index (χ3n) is 3.67. The van der Waals surface area contributed by atoms with Crippen molar-refractivity contribution in [2.75, 3.05) is 25.2 Å². The molecule has 1 unspecified atom stereocenters. The summed E-state index contributed by atoms with van der Waals surface area (Å²) in [5.74, 6) is 3.74. The van der Waals surface area contributed by atoms with Gasteiger partial charge in [-0.15, -0.1) is 0 Å². The zero-order chi connectivity index (χ0) is 15.5. The first-order valence-electron chi connectivity index (χ1n) is 7.14. The molecular formula is C16H18N2O3S. The van der Waals surface area contributed by atoms with Gasteiger partial charge in [-0.25, -0.2) is 4.98 Å². The number of ether oxygens (including phenoxy) is 1. The van der Waals surface area contributed by atoms with Crippen LogP contribution >= 0.6 is 11.8 Å². The van der Waals surface area contributed by atoms with Gasteiger partial charge in [0.05, 0.1) is 13.2 Å². The maximum absolute atomic E-state index is 12.9. The molecule has 0 spiro atoms. The van der Waals surface area contributed by atoms with E-state index in [9.17, 15) is 4.79 Å². The van der Waals surface area contributed by atoms with Gasteiger partial charge in [0.1, 0.15) is 17.1 Å². The largest absolute Gasteiger partial charge is 0.480 e. The van der Waals surface area contributed by atoms with Gasteiger partial charge in [-0.1, -0.05) is 0 Å². The maximum atomic E-state index is 12.9. The third kappa shape index (κ3) is 2.83. The molecule has 1 aliphatic heterocycles. The van der Waals surface area contributed by atoms with Crippen molar-refractivity contribution in [1.29, 1.82) is 0 Å². The molecular weight excluding hydrogens is 300 g/mol. The molecule has 5 nitrogen and oxygen atoms in total. The molecule has 1 fully saturated rings. The molecule has 1 saturated heterocycles. The van der Waals surface area contributed by atoms with Crippen LogP contribution in [0.3, 0.4) is 0 Å². The average Bonchev–Trinajstić information content (AvgIpc) is 3.00. The van der Waals surface area contributed by atoms with Crippen LogP contribution in [0.4, 0.5) is 0 Å². The smallest absolute Gasteiger partial charge is 0.260 e. The highest BCUT2D eigenvalue weighted by Crippen LogP contribution is 2.32. The molecule has 6 heteroatoms. The summed E-state index contributed by atoms with van der Waals surface area (Å²) in [6, 6.07) is 7.33. The number of furan rings is 1. The molecule has 0 bridgehead atoms. The first kappa shape index (κ1) is 15.0. The molecule has 2 aromatic rings. The lowest BCUT2D eigenvalue weighted by atomic mass is 10.1. The summed E-state index contributed by atoms with van der Waals surface area (Å²) in [7, 11) is 1.53. The van der Waals surface area contributed by atoms with Crippen LogP contribution in [0.25, 0.3) is 0 Å². The molecule has 0 saturated carbocycles. The average molecular weight is 318 g/mol. The van der Waals surface area contributed by atoms with Crippen molar-refractivity contribution in [3.8, 4) is 5.88 Å². The number of hydrogen-bond acceptors (Lipinski definition) is 5. The summed E-state index contributed by atoms with van der Waals surface area (Å²) < 4.78 is 11.0. The van der Waals surface area contributed by atoms with Gasteiger partial charge in [0.25, 0.3) is 5.91 Å². The van der Waals surface area contributed by atoms with Crippen molar-refractivity contribution < 1.29 is 13.9 Å². The molecule has 2 aromatic heterocycles. The molecule has 1 atom stereocenters. The van der Waals surface area contributed by atoms with Crippen molar-refractivity contribution in [1.82, 2.24) is 9.88 Å². The van der Waals surface area contributed by atoms with E-state index in [1.807, 2.05) is 35.7 Å². The van der Waals surface area contributed by atoms with Crippen LogP contribution in [-0.2, 0) is 0 Å². The molecule has 0 N–H and O–H groups in total. The van der Waals surface area contributed by atoms with Crippen LogP contribution in [0.1, 0.15) is 27.9 Å². The Labute approximate surface area is 133 Å². The van der Waals surface area contributed by atoms with E-state index in [0.717, 1.165) is 23.0 Å². The summed E-state index contributed by atoms with van der Waals surface area (Å²) in [5, 5.41) is 0. The maximum Gasteiger partial charge on any atom is 0.260 e.